The first kappa shape index (κ1) is 12.6. The maximum atomic E-state index is 11.0. The average molecular weight is 224 g/mol. The summed E-state index contributed by atoms with van der Waals surface area (Å²) in [5.74, 6) is 0. The molecule has 1 aromatic carbocycles. The van der Waals surface area contributed by atoms with Crippen LogP contribution in [0, 0.1) is 17.0 Å². The third kappa shape index (κ3) is 2.05. The number of para-hydroxylation sites is 1. The number of hydrogen-bond donors (Lipinski definition) is 2. The van der Waals surface area contributed by atoms with Gasteiger partial charge >= 0.3 is 0 Å². The molecule has 0 spiro atoms. The number of benzene rings is 1. The van der Waals surface area contributed by atoms with Gasteiger partial charge in [-0.3, -0.25) is 10.1 Å². The lowest BCUT2D eigenvalue weighted by Crippen LogP contribution is -2.36. The van der Waals surface area contributed by atoms with Crippen molar-refractivity contribution in [3.63, 3.8) is 0 Å². The molecule has 0 fully saturated rings. The molecule has 3 N–H and O–H groups in total. The zero-order valence-electron chi connectivity index (χ0n) is 9.43. The van der Waals surface area contributed by atoms with Crippen LogP contribution < -0.4 is 5.73 Å². The number of nitrogens with zero attached hydrogens (tertiary/aromatic N) is 1. The average Bonchev–Trinajstić information content (AvgIpc) is 2.27. The normalized spacial score (nSPS) is 14.5. The topological polar surface area (TPSA) is 89.4 Å². The quantitative estimate of drug-likeness (QED) is 0.592. The maximum absolute atomic E-state index is 11.0. The monoisotopic (exact) mass is 224 g/mol. The number of hydrogen-bond acceptors (Lipinski definition) is 4. The van der Waals surface area contributed by atoms with Crippen LogP contribution in [-0.2, 0) is 5.41 Å². The van der Waals surface area contributed by atoms with Crippen molar-refractivity contribution in [1.29, 1.82) is 0 Å². The van der Waals surface area contributed by atoms with Crippen molar-refractivity contribution in [3.8, 4) is 0 Å². The van der Waals surface area contributed by atoms with Gasteiger partial charge in [-0.15, -0.1) is 0 Å². The SMILES string of the molecule is Cc1cccc(C(C)(CN)CO)c1[N+](=O)[O-]. The van der Waals surface area contributed by atoms with E-state index in [4.69, 9.17) is 5.73 Å². The van der Waals surface area contributed by atoms with Gasteiger partial charge in [0.25, 0.3) is 5.69 Å². The van der Waals surface area contributed by atoms with Crippen LogP contribution >= 0.6 is 0 Å². The van der Waals surface area contributed by atoms with E-state index in [1.165, 1.54) is 0 Å². The minimum Gasteiger partial charge on any atom is -0.395 e. The van der Waals surface area contributed by atoms with Crippen molar-refractivity contribution < 1.29 is 10.0 Å². The molecule has 1 unspecified atom stereocenters. The van der Waals surface area contributed by atoms with E-state index in [1.54, 1.807) is 32.0 Å². The van der Waals surface area contributed by atoms with Gasteiger partial charge in [-0.05, 0) is 6.92 Å². The molecule has 5 nitrogen and oxygen atoms in total. The van der Waals surface area contributed by atoms with Crippen molar-refractivity contribution in [2.45, 2.75) is 19.3 Å². The third-order valence-corrected chi connectivity index (χ3v) is 2.87. The smallest absolute Gasteiger partial charge is 0.276 e. The molecule has 1 aromatic rings. The molecule has 0 aliphatic heterocycles. The van der Waals surface area contributed by atoms with E-state index in [2.05, 4.69) is 0 Å². The first-order valence-electron chi connectivity index (χ1n) is 5.01. The summed E-state index contributed by atoms with van der Waals surface area (Å²) < 4.78 is 0. The van der Waals surface area contributed by atoms with E-state index in [0.717, 1.165) is 0 Å². The molecular weight excluding hydrogens is 208 g/mol. The van der Waals surface area contributed by atoms with Gasteiger partial charge in [0.1, 0.15) is 0 Å². The number of aliphatic hydroxyl groups excluding tert-OH is 1. The third-order valence-electron chi connectivity index (χ3n) is 2.87. The summed E-state index contributed by atoms with van der Waals surface area (Å²) in [5, 5.41) is 20.3. The molecule has 0 heterocycles. The van der Waals surface area contributed by atoms with Crippen LogP contribution in [0.5, 0.6) is 0 Å². The largest absolute Gasteiger partial charge is 0.395 e. The fourth-order valence-corrected chi connectivity index (χ4v) is 1.65. The second-order valence-corrected chi connectivity index (χ2v) is 4.15. The second kappa shape index (κ2) is 4.59. The van der Waals surface area contributed by atoms with Gasteiger partial charge in [0.2, 0.25) is 0 Å². The lowest BCUT2D eigenvalue weighted by atomic mass is 9.81. The van der Waals surface area contributed by atoms with Crippen LogP contribution in [0.2, 0.25) is 0 Å². The summed E-state index contributed by atoms with van der Waals surface area (Å²) in [4.78, 5) is 10.6. The summed E-state index contributed by atoms with van der Waals surface area (Å²) in [6.45, 7) is 3.34. The number of nitro groups is 1. The Morgan fingerprint density at radius 3 is 2.62 bits per heavy atom. The van der Waals surface area contributed by atoms with Crippen LogP contribution in [0.1, 0.15) is 18.1 Å². The molecule has 0 aliphatic rings. The van der Waals surface area contributed by atoms with Crippen molar-refractivity contribution in [2.75, 3.05) is 13.2 Å². The first-order valence-corrected chi connectivity index (χ1v) is 5.01. The molecule has 16 heavy (non-hydrogen) atoms. The fourth-order valence-electron chi connectivity index (χ4n) is 1.65. The Morgan fingerprint density at radius 1 is 1.56 bits per heavy atom. The minimum atomic E-state index is -0.769. The molecule has 1 rings (SSSR count). The van der Waals surface area contributed by atoms with Crippen molar-refractivity contribution in [3.05, 3.63) is 39.4 Å². The van der Waals surface area contributed by atoms with Gasteiger partial charge in [0.05, 0.1) is 11.5 Å². The highest BCUT2D eigenvalue weighted by molar-refractivity contribution is 5.51. The molecule has 0 radical (unpaired) electrons. The molecule has 0 aliphatic carbocycles. The standard InChI is InChI=1S/C11H16N2O3/c1-8-4-3-5-9(10(8)13(15)16)11(2,6-12)7-14/h3-5,14H,6-7,12H2,1-2H3. The van der Waals surface area contributed by atoms with Crippen LogP contribution in [0.25, 0.3) is 0 Å². The predicted octanol–water partition coefficient (Wildman–Crippen LogP) is 1.11. The van der Waals surface area contributed by atoms with E-state index in [-0.39, 0.29) is 18.8 Å². The molecule has 1 atom stereocenters. The lowest BCUT2D eigenvalue weighted by Gasteiger charge is -2.25. The number of aryl methyl sites for hydroxylation is 1. The highest BCUT2D eigenvalue weighted by atomic mass is 16.6. The van der Waals surface area contributed by atoms with Crippen molar-refractivity contribution >= 4 is 5.69 Å². The maximum Gasteiger partial charge on any atom is 0.276 e. The Kier molecular flexibility index (Phi) is 3.62. The van der Waals surface area contributed by atoms with Gasteiger partial charge in [0.15, 0.2) is 0 Å². The molecular formula is C11H16N2O3. The van der Waals surface area contributed by atoms with Crippen LogP contribution in [0.4, 0.5) is 5.69 Å². The van der Waals surface area contributed by atoms with Crippen LogP contribution in [0.15, 0.2) is 18.2 Å². The highest BCUT2D eigenvalue weighted by Gasteiger charge is 2.32. The molecule has 0 bridgehead atoms. The summed E-state index contributed by atoms with van der Waals surface area (Å²) in [6.07, 6.45) is 0. The van der Waals surface area contributed by atoms with Crippen LogP contribution in [0.3, 0.4) is 0 Å². The molecule has 88 valence electrons. The molecule has 5 heteroatoms. The predicted molar refractivity (Wildman–Crippen MR) is 61.3 cm³/mol. The molecule has 0 saturated carbocycles. The van der Waals surface area contributed by atoms with E-state index >= 15 is 0 Å². The number of rotatable bonds is 4. The number of nitrogens with two attached hydrogens (primary N) is 1. The van der Waals surface area contributed by atoms with Gasteiger partial charge in [-0.2, -0.15) is 0 Å². The highest BCUT2D eigenvalue weighted by Crippen LogP contribution is 2.33. The van der Waals surface area contributed by atoms with Gasteiger partial charge in [-0.1, -0.05) is 25.1 Å². The summed E-state index contributed by atoms with van der Waals surface area (Å²) in [5.41, 5.74) is 5.93. The Bertz CT molecular complexity index is 400. The lowest BCUT2D eigenvalue weighted by molar-refractivity contribution is -0.386. The Balaban J connectivity index is 3.44. The first-order chi connectivity index (χ1) is 7.46. The molecule has 0 amide bonds. The van der Waals surface area contributed by atoms with E-state index in [9.17, 15) is 15.2 Å². The Labute approximate surface area is 94.0 Å². The van der Waals surface area contributed by atoms with E-state index in [1.807, 2.05) is 0 Å². The van der Waals surface area contributed by atoms with Crippen molar-refractivity contribution in [1.82, 2.24) is 0 Å². The zero-order valence-corrected chi connectivity index (χ0v) is 9.43. The van der Waals surface area contributed by atoms with Crippen LogP contribution in [-0.4, -0.2) is 23.2 Å². The summed E-state index contributed by atoms with van der Waals surface area (Å²) in [7, 11) is 0. The van der Waals surface area contributed by atoms with Gasteiger partial charge in [0, 0.05) is 23.1 Å². The number of nitro benzene ring substituents is 1. The van der Waals surface area contributed by atoms with Crippen molar-refractivity contribution in [2.24, 2.45) is 5.73 Å². The Hall–Kier alpha value is -1.46. The molecule has 0 aromatic heterocycles. The van der Waals surface area contributed by atoms with Gasteiger partial charge in [-0.25, -0.2) is 0 Å². The fraction of sp³-hybridized carbons (Fsp3) is 0.455. The Morgan fingerprint density at radius 2 is 2.19 bits per heavy atom. The van der Waals surface area contributed by atoms with Gasteiger partial charge < -0.3 is 10.8 Å². The summed E-state index contributed by atoms with van der Waals surface area (Å²) >= 11 is 0. The van der Waals surface area contributed by atoms with E-state index < -0.39 is 10.3 Å². The zero-order chi connectivity index (χ0) is 12.3. The second-order valence-electron chi connectivity index (χ2n) is 4.15. The molecule has 0 saturated heterocycles. The van der Waals surface area contributed by atoms with E-state index in [0.29, 0.717) is 11.1 Å². The number of aliphatic hydroxyl groups is 1. The summed E-state index contributed by atoms with van der Waals surface area (Å²) in [6, 6.07) is 5.06. The minimum absolute atomic E-state index is 0.0458.